The van der Waals surface area contributed by atoms with Crippen molar-refractivity contribution in [2.24, 2.45) is 0 Å². The van der Waals surface area contributed by atoms with Crippen molar-refractivity contribution in [3.05, 3.63) is 30.0 Å². The Morgan fingerprint density at radius 3 is 3.33 bits per heavy atom. The molecule has 1 aliphatic heterocycles. The fourth-order valence-corrected chi connectivity index (χ4v) is 2.68. The lowest BCUT2D eigenvalue weighted by molar-refractivity contribution is -0.0291. The average molecular weight is 245 g/mol. The molecular formula is C14H19N3O. The third-order valence-electron chi connectivity index (χ3n) is 3.56. The van der Waals surface area contributed by atoms with Crippen molar-refractivity contribution in [2.75, 3.05) is 26.2 Å². The Kier molecular flexibility index (Phi) is 3.30. The van der Waals surface area contributed by atoms with Crippen LogP contribution in [0.5, 0.6) is 0 Å². The first-order valence-corrected chi connectivity index (χ1v) is 6.64. The van der Waals surface area contributed by atoms with Crippen molar-refractivity contribution in [3.63, 3.8) is 0 Å². The predicted molar refractivity (Wildman–Crippen MR) is 71.5 cm³/mol. The highest BCUT2D eigenvalue weighted by atomic mass is 16.5. The van der Waals surface area contributed by atoms with E-state index in [0.717, 1.165) is 31.8 Å². The Balaban J connectivity index is 1.87. The molecule has 2 heterocycles. The highest BCUT2D eigenvalue weighted by Gasteiger charge is 2.23. The van der Waals surface area contributed by atoms with Gasteiger partial charge in [-0.1, -0.05) is 19.1 Å². The number of aromatic amines is 1. The smallest absolute Gasteiger partial charge is 0.0959 e. The minimum absolute atomic E-state index is 0.173. The summed E-state index contributed by atoms with van der Waals surface area (Å²) in [6, 6.07) is 6.27. The third-order valence-corrected chi connectivity index (χ3v) is 3.56. The summed E-state index contributed by atoms with van der Waals surface area (Å²) in [7, 11) is 0. The molecule has 0 saturated carbocycles. The summed E-state index contributed by atoms with van der Waals surface area (Å²) in [6.07, 6.45) is 3.27. The molecule has 18 heavy (non-hydrogen) atoms. The van der Waals surface area contributed by atoms with E-state index in [1.807, 2.05) is 6.20 Å². The van der Waals surface area contributed by atoms with Gasteiger partial charge in [-0.2, -0.15) is 5.10 Å². The number of hydrogen-bond donors (Lipinski definition) is 1. The summed E-state index contributed by atoms with van der Waals surface area (Å²) < 4.78 is 5.93. The Labute approximate surface area is 107 Å². The molecule has 0 radical (unpaired) electrons. The van der Waals surface area contributed by atoms with E-state index in [4.69, 9.17) is 4.74 Å². The normalized spacial score (nSPS) is 21.5. The van der Waals surface area contributed by atoms with Crippen LogP contribution in [-0.2, 0) is 4.74 Å². The maximum absolute atomic E-state index is 5.93. The van der Waals surface area contributed by atoms with Crippen LogP contribution in [0, 0.1) is 0 Å². The highest BCUT2D eigenvalue weighted by molar-refractivity contribution is 5.81. The molecule has 1 saturated heterocycles. The van der Waals surface area contributed by atoms with Gasteiger partial charge in [0.05, 0.1) is 24.4 Å². The lowest BCUT2D eigenvalue weighted by Crippen LogP contribution is -2.38. The standard InChI is InChI=1S/C14H19N3O/c1-2-6-17-7-8-18-14(10-17)11-4-3-5-13-12(11)9-15-16-13/h3-5,9,14H,2,6-8,10H2,1H3,(H,15,16)/t14-/m0/s1. The molecule has 1 fully saturated rings. The van der Waals surface area contributed by atoms with Crippen LogP contribution >= 0.6 is 0 Å². The Morgan fingerprint density at radius 1 is 1.50 bits per heavy atom. The molecule has 1 aliphatic rings. The molecule has 0 amide bonds. The quantitative estimate of drug-likeness (QED) is 0.902. The maximum Gasteiger partial charge on any atom is 0.0959 e. The van der Waals surface area contributed by atoms with E-state index in [1.54, 1.807) is 0 Å². The number of nitrogens with one attached hydrogen (secondary N) is 1. The first-order valence-electron chi connectivity index (χ1n) is 6.64. The van der Waals surface area contributed by atoms with Gasteiger partial charge in [-0.15, -0.1) is 0 Å². The molecule has 2 aromatic rings. The SMILES string of the molecule is CCCN1CCO[C@H](c2cccc3[nH]ncc23)C1. The monoisotopic (exact) mass is 245 g/mol. The van der Waals surface area contributed by atoms with Gasteiger partial charge in [-0.05, 0) is 24.6 Å². The molecule has 0 aliphatic carbocycles. The largest absolute Gasteiger partial charge is 0.371 e. The van der Waals surface area contributed by atoms with Gasteiger partial charge in [0.2, 0.25) is 0 Å². The Hall–Kier alpha value is -1.39. The predicted octanol–water partition coefficient (Wildman–Crippen LogP) is 2.35. The molecular weight excluding hydrogens is 226 g/mol. The van der Waals surface area contributed by atoms with Crippen molar-refractivity contribution < 1.29 is 4.74 Å². The third kappa shape index (κ3) is 2.13. The second-order valence-corrected chi connectivity index (χ2v) is 4.84. The second kappa shape index (κ2) is 5.08. The van der Waals surface area contributed by atoms with Crippen LogP contribution in [0.15, 0.2) is 24.4 Å². The molecule has 1 aromatic carbocycles. The van der Waals surface area contributed by atoms with Crippen LogP contribution in [0.3, 0.4) is 0 Å². The summed E-state index contributed by atoms with van der Waals surface area (Å²) in [4.78, 5) is 2.48. The minimum Gasteiger partial charge on any atom is -0.371 e. The number of benzene rings is 1. The summed E-state index contributed by atoms with van der Waals surface area (Å²) in [5.74, 6) is 0. The number of ether oxygens (including phenoxy) is 1. The van der Waals surface area contributed by atoms with Gasteiger partial charge in [0.15, 0.2) is 0 Å². The molecule has 1 aromatic heterocycles. The number of nitrogens with zero attached hydrogens (tertiary/aromatic N) is 2. The summed E-state index contributed by atoms with van der Waals surface area (Å²) in [5.41, 5.74) is 2.34. The maximum atomic E-state index is 5.93. The Morgan fingerprint density at radius 2 is 2.44 bits per heavy atom. The zero-order valence-electron chi connectivity index (χ0n) is 10.7. The lowest BCUT2D eigenvalue weighted by atomic mass is 10.0. The van der Waals surface area contributed by atoms with Crippen LogP contribution in [0.4, 0.5) is 0 Å². The molecule has 3 rings (SSSR count). The van der Waals surface area contributed by atoms with Gasteiger partial charge in [0.25, 0.3) is 0 Å². The lowest BCUT2D eigenvalue weighted by Gasteiger charge is -2.33. The van der Waals surface area contributed by atoms with Gasteiger partial charge in [-0.3, -0.25) is 10.00 Å². The number of morpholine rings is 1. The summed E-state index contributed by atoms with van der Waals surface area (Å²) in [5, 5.41) is 8.32. The van der Waals surface area contributed by atoms with Gasteiger partial charge >= 0.3 is 0 Å². The van der Waals surface area contributed by atoms with E-state index in [1.165, 1.54) is 17.4 Å². The van der Waals surface area contributed by atoms with E-state index in [9.17, 15) is 0 Å². The van der Waals surface area contributed by atoms with Crippen LogP contribution in [0.2, 0.25) is 0 Å². The highest BCUT2D eigenvalue weighted by Crippen LogP contribution is 2.28. The zero-order chi connectivity index (χ0) is 12.4. The number of H-pyrrole nitrogens is 1. The number of aromatic nitrogens is 2. The number of fused-ring (bicyclic) bond motifs is 1. The van der Waals surface area contributed by atoms with Crippen molar-refractivity contribution in [1.82, 2.24) is 15.1 Å². The van der Waals surface area contributed by atoms with Gasteiger partial charge in [-0.25, -0.2) is 0 Å². The average Bonchev–Trinajstić information content (AvgIpc) is 2.87. The number of hydrogen-bond acceptors (Lipinski definition) is 3. The summed E-state index contributed by atoms with van der Waals surface area (Å²) >= 11 is 0. The van der Waals surface area contributed by atoms with Gasteiger partial charge in [0.1, 0.15) is 0 Å². The van der Waals surface area contributed by atoms with Crippen molar-refractivity contribution in [1.29, 1.82) is 0 Å². The number of rotatable bonds is 3. The fraction of sp³-hybridized carbons (Fsp3) is 0.500. The molecule has 0 unspecified atom stereocenters. The van der Waals surface area contributed by atoms with E-state index in [-0.39, 0.29) is 6.10 Å². The van der Waals surface area contributed by atoms with Crippen LogP contribution in [-0.4, -0.2) is 41.3 Å². The molecule has 4 nitrogen and oxygen atoms in total. The van der Waals surface area contributed by atoms with Crippen molar-refractivity contribution in [3.8, 4) is 0 Å². The van der Waals surface area contributed by atoms with E-state index in [2.05, 4.69) is 40.2 Å². The first-order chi connectivity index (χ1) is 8.88. The van der Waals surface area contributed by atoms with E-state index < -0.39 is 0 Å². The van der Waals surface area contributed by atoms with E-state index >= 15 is 0 Å². The van der Waals surface area contributed by atoms with Gasteiger partial charge in [0, 0.05) is 18.5 Å². The summed E-state index contributed by atoms with van der Waals surface area (Å²) in [6.45, 7) is 6.23. The molecule has 0 spiro atoms. The molecule has 1 N–H and O–H groups in total. The molecule has 1 atom stereocenters. The molecule has 96 valence electrons. The first kappa shape index (κ1) is 11.7. The Bertz CT molecular complexity index is 520. The van der Waals surface area contributed by atoms with Crippen LogP contribution < -0.4 is 0 Å². The van der Waals surface area contributed by atoms with Crippen molar-refractivity contribution in [2.45, 2.75) is 19.4 Å². The molecule has 4 heteroatoms. The topological polar surface area (TPSA) is 41.1 Å². The van der Waals surface area contributed by atoms with Crippen molar-refractivity contribution >= 4 is 10.9 Å². The molecule has 0 bridgehead atoms. The van der Waals surface area contributed by atoms with Gasteiger partial charge < -0.3 is 4.74 Å². The minimum atomic E-state index is 0.173. The van der Waals surface area contributed by atoms with Crippen LogP contribution in [0.1, 0.15) is 25.0 Å². The van der Waals surface area contributed by atoms with Crippen LogP contribution in [0.25, 0.3) is 10.9 Å². The van der Waals surface area contributed by atoms with E-state index in [0.29, 0.717) is 0 Å². The second-order valence-electron chi connectivity index (χ2n) is 4.84. The fourth-order valence-electron chi connectivity index (χ4n) is 2.68. The zero-order valence-corrected chi connectivity index (χ0v) is 10.7.